The molecular formula is C23H21NO4. The molecule has 142 valence electrons. The maximum Gasteiger partial charge on any atom is 0.263 e. The van der Waals surface area contributed by atoms with Gasteiger partial charge in [-0.3, -0.25) is 9.69 Å². The molecule has 0 fully saturated rings. The highest BCUT2D eigenvalue weighted by Gasteiger charge is 2.29. The van der Waals surface area contributed by atoms with Crippen LogP contribution in [0.25, 0.3) is 0 Å². The van der Waals surface area contributed by atoms with Crippen LogP contribution < -0.4 is 19.1 Å². The summed E-state index contributed by atoms with van der Waals surface area (Å²) in [6.45, 7) is 0. The third kappa shape index (κ3) is 2.85. The fourth-order valence-electron chi connectivity index (χ4n) is 3.64. The van der Waals surface area contributed by atoms with Crippen molar-refractivity contribution in [3.8, 4) is 17.2 Å². The monoisotopic (exact) mass is 375 g/mol. The number of anilines is 2. The number of amides is 1. The summed E-state index contributed by atoms with van der Waals surface area (Å²) in [5.41, 5.74) is 4.46. The van der Waals surface area contributed by atoms with Gasteiger partial charge in [-0.05, 0) is 35.4 Å². The highest BCUT2D eigenvalue weighted by molar-refractivity contribution is 6.13. The molecule has 1 heterocycles. The fourth-order valence-corrected chi connectivity index (χ4v) is 3.64. The van der Waals surface area contributed by atoms with Crippen LogP contribution in [0.3, 0.4) is 0 Å². The zero-order chi connectivity index (χ0) is 19.7. The summed E-state index contributed by atoms with van der Waals surface area (Å²) in [6.07, 6.45) is 0.797. The first-order chi connectivity index (χ1) is 13.7. The van der Waals surface area contributed by atoms with Crippen LogP contribution in [0.15, 0.2) is 60.7 Å². The van der Waals surface area contributed by atoms with Crippen molar-refractivity contribution in [2.75, 3.05) is 26.2 Å². The smallest absolute Gasteiger partial charge is 0.263 e. The average molecular weight is 375 g/mol. The Morgan fingerprint density at radius 1 is 0.786 bits per heavy atom. The molecule has 3 aromatic rings. The third-order valence-electron chi connectivity index (χ3n) is 4.96. The van der Waals surface area contributed by atoms with Crippen LogP contribution in [0.4, 0.5) is 11.4 Å². The van der Waals surface area contributed by atoms with Crippen molar-refractivity contribution in [2.45, 2.75) is 6.42 Å². The van der Waals surface area contributed by atoms with Gasteiger partial charge in [0.15, 0.2) is 11.5 Å². The molecule has 1 aliphatic rings. The lowest BCUT2D eigenvalue weighted by molar-refractivity contribution is 0.0997. The van der Waals surface area contributed by atoms with E-state index in [0.29, 0.717) is 22.8 Å². The molecule has 0 aliphatic carbocycles. The molecule has 0 N–H and O–H groups in total. The summed E-state index contributed by atoms with van der Waals surface area (Å²) in [5.74, 6) is 1.20. The van der Waals surface area contributed by atoms with Gasteiger partial charge in [0.1, 0.15) is 0 Å². The summed E-state index contributed by atoms with van der Waals surface area (Å²) < 4.78 is 16.2. The Hall–Kier alpha value is -3.47. The number of carbonyl (C=O) groups excluding carboxylic acids is 1. The van der Waals surface area contributed by atoms with Crippen LogP contribution in [-0.2, 0) is 6.42 Å². The first-order valence-corrected chi connectivity index (χ1v) is 8.98. The number of hydrogen-bond acceptors (Lipinski definition) is 4. The summed E-state index contributed by atoms with van der Waals surface area (Å²) in [5, 5.41) is 0. The van der Waals surface area contributed by atoms with Gasteiger partial charge in [-0.25, -0.2) is 0 Å². The predicted molar refractivity (Wildman–Crippen MR) is 108 cm³/mol. The van der Waals surface area contributed by atoms with E-state index in [9.17, 15) is 4.79 Å². The first kappa shape index (κ1) is 17.9. The number of benzene rings is 3. The molecule has 4 rings (SSSR count). The fraction of sp³-hybridized carbons (Fsp3) is 0.174. The van der Waals surface area contributed by atoms with Crippen LogP contribution >= 0.6 is 0 Å². The molecule has 0 aromatic heterocycles. The first-order valence-electron chi connectivity index (χ1n) is 8.98. The van der Waals surface area contributed by atoms with E-state index in [4.69, 9.17) is 14.2 Å². The number of methoxy groups -OCH3 is 3. The minimum Gasteiger partial charge on any atom is -0.493 e. The van der Waals surface area contributed by atoms with E-state index in [2.05, 4.69) is 12.1 Å². The second-order valence-electron chi connectivity index (χ2n) is 6.49. The van der Waals surface area contributed by atoms with E-state index in [1.807, 2.05) is 36.4 Å². The standard InChI is InChI=1S/C23H21NO4/c1-26-20-13-17(14-21(27-2)22(20)28-3)23(25)24-18-10-6-4-8-15(18)12-16-9-5-7-11-19(16)24/h4-11,13-14H,12H2,1-3H3. The molecular weight excluding hydrogens is 354 g/mol. The Kier molecular flexibility index (Phi) is 4.65. The summed E-state index contributed by atoms with van der Waals surface area (Å²) >= 11 is 0. The van der Waals surface area contributed by atoms with Crippen molar-refractivity contribution in [1.82, 2.24) is 0 Å². The van der Waals surface area contributed by atoms with Crippen LogP contribution in [0.2, 0.25) is 0 Å². The van der Waals surface area contributed by atoms with Crippen molar-refractivity contribution >= 4 is 17.3 Å². The van der Waals surface area contributed by atoms with E-state index >= 15 is 0 Å². The van der Waals surface area contributed by atoms with Gasteiger partial charge >= 0.3 is 0 Å². The van der Waals surface area contributed by atoms with Gasteiger partial charge in [-0.15, -0.1) is 0 Å². The van der Waals surface area contributed by atoms with Crippen molar-refractivity contribution in [3.05, 3.63) is 77.4 Å². The number of hydrogen-bond donors (Lipinski definition) is 0. The van der Waals surface area contributed by atoms with Crippen LogP contribution in [0.1, 0.15) is 21.5 Å². The third-order valence-corrected chi connectivity index (χ3v) is 4.96. The molecule has 0 radical (unpaired) electrons. The zero-order valence-corrected chi connectivity index (χ0v) is 16.1. The maximum atomic E-state index is 13.6. The Morgan fingerprint density at radius 2 is 1.29 bits per heavy atom. The lowest BCUT2D eigenvalue weighted by atomic mass is 9.95. The van der Waals surface area contributed by atoms with E-state index in [1.165, 1.54) is 14.2 Å². The molecule has 0 atom stereocenters. The Labute approximate surface area is 164 Å². The quantitative estimate of drug-likeness (QED) is 0.669. The molecule has 0 bridgehead atoms. The molecule has 28 heavy (non-hydrogen) atoms. The predicted octanol–water partition coefficient (Wildman–Crippen LogP) is 4.60. The highest BCUT2D eigenvalue weighted by atomic mass is 16.5. The van der Waals surface area contributed by atoms with Crippen molar-refractivity contribution in [1.29, 1.82) is 0 Å². The Morgan fingerprint density at radius 3 is 1.75 bits per heavy atom. The molecule has 0 unspecified atom stereocenters. The summed E-state index contributed by atoms with van der Waals surface area (Å²) in [4.78, 5) is 15.4. The number of carbonyl (C=O) groups is 1. The normalized spacial score (nSPS) is 12.0. The highest BCUT2D eigenvalue weighted by Crippen LogP contribution is 2.42. The van der Waals surface area contributed by atoms with Gasteiger partial charge in [-0.2, -0.15) is 0 Å². The molecule has 0 saturated heterocycles. The van der Waals surface area contributed by atoms with Gasteiger partial charge in [0.25, 0.3) is 5.91 Å². The topological polar surface area (TPSA) is 48.0 Å². The molecule has 5 heteroatoms. The van der Waals surface area contributed by atoms with Crippen molar-refractivity contribution < 1.29 is 19.0 Å². The van der Waals surface area contributed by atoms with Gasteiger partial charge in [0.2, 0.25) is 5.75 Å². The van der Waals surface area contributed by atoms with E-state index < -0.39 is 0 Å². The maximum absolute atomic E-state index is 13.6. The number of fused-ring (bicyclic) bond motifs is 2. The van der Waals surface area contributed by atoms with Gasteiger partial charge < -0.3 is 14.2 Å². The van der Waals surface area contributed by atoms with E-state index in [1.54, 1.807) is 24.1 Å². The number of ether oxygens (including phenoxy) is 3. The summed E-state index contributed by atoms with van der Waals surface area (Å²) in [6, 6.07) is 19.3. The van der Waals surface area contributed by atoms with E-state index in [0.717, 1.165) is 28.9 Å². The van der Waals surface area contributed by atoms with Crippen molar-refractivity contribution in [3.63, 3.8) is 0 Å². The zero-order valence-electron chi connectivity index (χ0n) is 16.1. The lowest BCUT2D eigenvalue weighted by Gasteiger charge is -2.32. The van der Waals surface area contributed by atoms with Gasteiger partial charge in [-0.1, -0.05) is 36.4 Å². The van der Waals surface area contributed by atoms with E-state index in [-0.39, 0.29) is 5.91 Å². The molecule has 0 spiro atoms. The van der Waals surface area contributed by atoms with Crippen LogP contribution in [0.5, 0.6) is 17.2 Å². The van der Waals surface area contributed by atoms with Crippen LogP contribution in [0, 0.1) is 0 Å². The molecule has 3 aromatic carbocycles. The second kappa shape index (κ2) is 7.27. The molecule has 0 saturated carbocycles. The molecule has 1 aliphatic heterocycles. The second-order valence-corrected chi connectivity index (χ2v) is 6.49. The molecule has 5 nitrogen and oxygen atoms in total. The van der Waals surface area contributed by atoms with Crippen molar-refractivity contribution in [2.24, 2.45) is 0 Å². The minimum atomic E-state index is -0.154. The Bertz CT molecular complexity index is 974. The number of para-hydroxylation sites is 2. The number of nitrogens with zero attached hydrogens (tertiary/aromatic N) is 1. The number of rotatable bonds is 4. The van der Waals surface area contributed by atoms with Gasteiger partial charge in [0.05, 0.1) is 32.7 Å². The van der Waals surface area contributed by atoms with Crippen LogP contribution in [-0.4, -0.2) is 27.2 Å². The Balaban J connectivity index is 1.87. The average Bonchev–Trinajstić information content (AvgIpc) is 2.75. The van der Waals surface area contributed by atoms with Gasteiger partial charge in [0, 0.05) is 12.0 Å². The molecule has 1 amide bonds. The minimum absolute atomic E-state index is 0.154. The largest absolute Gasteiger partial charge is 0.493 e. The lowest BCUT2D eigenvalue weighted by Crippen LogP contribution is -2.30. The summed E-state index contributed by atoms with van der Waals surface area (Å²) in [7, 11) is 4.62. The SMILES string of the molecule is COc1cc(C(=O)N2c3ccccc3Cc3ccccc32)cc(OC)c1OC.